The molecule has 2 atom stereocenters. The molecular weight excluding hydrogens is 230 g/mol. The number of rotatable bonds is 8. The third-order valence-corrected chi connectivity index (χ3v) is 2.47. The normalized spacial score (nSPS) is 14.2. The maximum absolute atomic E-state index is 11.4. The van der Waals surface area contributed by atoms with Crippen molar-refractivity contribution in [3.63, 3.8) is 0 Å². The molecule has 0 bridgehead atoms. The van der Waals surface area contributed by atoms with Gasteiger partial charge in [0.1, 0.15) is 6.04 Å². The zero-order valence-electron chi connectivity index (χ0n) is 9.06. The third kappa shape index (κ3) is 5.94. The predicted molar refractivity (Wildman–Crippen MR) is 64.3 cm³/mol. The topological polar surface area (TPSA) is 118 Å². The van der Waals surface area contributed by atoms with Gasteiger partial charge in [-0.15, -0.1) is 0 Å². The molecule has 0 heterocycles. The number of carbonyl (C=O) groups excluding carboxylic acids is 1. The van der Waals surface area contributed by atoms with Crippen molar-refractivity contribution in [3.8, 4) is 0 Å². The Kier molecular flexibility index (Phi) is 7.96. The lowest BCUT2D eigenvalue weighted by atomic mass is 10.1. The van der Waals surface area contributed by atoms with E-state index in [-0.39, 0.29) is 5.75 Å². The molecule has 0 unspecified atom stereocenters. The summed E-state index contributed by atoms with van der Waals surface area (Å²) in [6.07, 6.45) is 2.06. The molecule has 0 aliphatic heterocycles. The number of hydrogen-bond acceptors (Lipinski definition) is 5. The molecule has 0 aromatic carbocycles. The van der Waals surface area contributed by atoms with Crippen molar-refractivity contribution >= 4 is 24.5 Å². The second-order valence-electron chi connectivity index (χ2n) is 3.47. The van der Waals surface area contributed by atoms with E-state index in [4.69, 9.17) is 16.6 Å². The van der Waals surface area contributed by atoms with Crippen LogP contribution in [0.2, 0.25) is 0 Å². The van der Waals surface area contributed by atoms with Crippen LogP contribution in [0.1, 0.15) is 19.3 Å². The van der Waals surface area contributed by atoms with Crippen LogP contribution in [0.3, 0.4) is 0 Å². The summed E-state index contributed by atoms with van der Waals surface area (Å²) in [6, 6.07) is -1.68. The monoisotopic (exact) mass is 249 g/mol. The summed E-state index contributed by atoms with van der Waals surface area (Å²) in [6.45, 7) is 0.558. The molecule has 0 spiro atoms. The number of carbonyl (C=O) groups is 2. The molecule has 0 rings (SSSR count). The van der Waals surface area contributed by atoms with Gasteiger partial charge in [-0.1, -0.05) is 6.42 Å². The Balaban J connectivity index is 3.98. The predicted octanol–water partition coefficient (Wildman–Crippen LogP) is -1.06. The van der Waals surface area contributed by atoms with Gasteiger partial charge in [-0.05, 0) is 19.4 Å². The number of thiol groups is 1. The van der Waals surface area contributed by atoms with Gasteiger partial charge in [0, 0.05) is 5.75 Å². The molecule has 0 radical (unpaired) electrons. The SMILES string of the molecule is NCCCC[C@@H](N)C(=O)N[C@@H](CS)C(=O)O. The third-order valence-electron chi connectivity index (χ3n) is 2.10. The van der Waals surface area contributed by atoms with Crippen molar-refractivity contribution in [1.82, 2.24) is 5.32 Å². The molecule has 7 heteroatoms. The summed E-state index contributed by atoms with van der Waals surface area (Å²) in [4.78, 5) is 22.1. The van der Waals surface area contributed by atoms with E-state index in [0.717, 1.165) is 12.8 Å². The van der Waals surface area contributed by atoms with E-state index < -0.39 is 24.0 Å². The van der Waals surface area contributed by atoms with Crippen molar-refractivity contribution in [3.05, 3.63) is 0 Å². The first-order valence-electron chi connectivity index (χ1n) is 5.12. The molecule has 0 fully saturated rings. The summed E-state index contributed by atoms with van der Waals surface area (Å²) in [5.74, 6) is -1.53. The summed E-state index contributed by atoms with van der Waals surface area (Å²) in [7, 11) is 0. The van der Waals surface area contributed by atoms with E-state index in [0.29, 0.717) is 13.0 Å². The summed E-state index contributed by atoms with van der Waals surface area (Å²) in [5, 5.41) is 11.0. The van der Waals surface area contributed by atoms with E-state index in [2.05, 4.69) is 17.9 Å². The van der Waals surface area contributed by atoms with E-state index in [9.17, 15) is 9.59 Å². The minimum absolute atomic E-state index is 0.0383. The fourth-order valence-electron chi connectivity index (χ4n) is 1.10. The molecule has 0 aromatic heterocycles. The van der Waals surface area contributed by atoms with Crippen molar-refractivity contribution in [1.29, 1.82) is 0 Å². The Morgan fingerprint density at radius 2 is 2.00 bits per heavy atom. The number of carboxylic acid groups (broad SMARTS) is 1. The van der Waals surface area contributed by atoms with E-state index >= 15 is 0 Å². The van der Waals surface area contributed by atoms with Gasteiger partial charge in [-0.3, -0.25) is 4.79 Å². The number of nitrogens with one attached hydrogen (secondary N) is 1. The van der Waals surface area contributed by atoms with Crippen LogP contribution in [0.25, 0.3) is 0 Å². The second kappa shape index (κ2) is 8.37. The van der Waals surface area contributed by atoms with Crippen LogP contribution >= 0.6 is 12.6 Å². The lowest BCUT2D eigenvalue weighted by molar-refractivity contribution is -0.141. The zero-order valence-corrected chi connectivity index (χ0v) is 9.95. The average molecular weight is 249 g/mol. The van der Waals surface area contributed by atoms with Crippen LogP contribution in [0.15, 0.2) is 0 Å². The van der Waals surface area contributed by atoms with Gasteiger partial charge < -0.3 is 21.9 Å². The first kappa shape index (κ1) is 15.2. The van der Waals surface area contributed by atoms with Crippen molar-refractivity contribution < 1.29 is 14.7 Å². The number of amides is 1. The summed E-state index contributed by atoms with van der Waals surface area (Å²) in [5.41, 5.74) is 10.9. The minimum atomic E-state index is -1.11. The number of aliphatic carboxylic acids is 1. The second-order valence-corrected chi connectivity index (χ2v) is 3.84. The highest BCUT2D eigenvalue weighted by molar-refractivity contribution is 7.80. The lowest BCUT2D eigenvalue weighted by Crippen LogP contribution is -2.49. The maximum Gasteiger partial charge on any atom is 0.327 e. The standard InChI is InChI=1S/C9H19N3O3S/c10-4-2-1-3-6(11)8(13)12-7(5-16)9(14)15/h6-7,16H,1-5,10-11H2,(H,12,13)(H,14,15)/t6-,7+/m1/s1. The Labute approximate surface area is 100 Å². The van der Waals surface area contributed by atoms with Crippen LogP contribution in [-0.4, -0.2) is 41.4 Å². The van der Waals surface area contributed by atoms with Crippen molar-refractivity contribution in [2.24, 2.45) is 11.5 Å². The Morgan fingerprint density at radius 1 is 1.38 bits per heavy atom. The van der Waals surface area contributed by atoms with E-state index in [1.807, 2.05) is 0 Å². The smallest absolute Gasteiger partial charge is 0.327 e. The van der Waals surface area contributed by atoms with Gasteiger partial charge in [0.15, 0.2) is 0 Å². The van der Waals surface area contributed by atoms with Crippen LogP contribution in [0.4, 0.5) is 0 Å². The van der Waals surface area contributed by atoms with Crippen LogP contribution in [-0.2, 0) is 9.59 Å². The van der Waals surface area contributed by atoms with Gasteiger partial charge in [0.05, 0.1) is 6.04 Å². The molecule has 1 amide bonds. The van der Waals surface area contributed by atoms with E-state index in [1.54, 1.807) is 0 Å². The van der Waals surface area contributed by atoms with Gasteiger partial charge in [0.2, 0.25) is 5.91 Å². The fraction of sp³-hybridized carbons (Fsp3) is 0.778. The molecule has 16 heavy (non-hydrogen) atoms. The van der Waals surface area contributed by atoms with E-state index in [1.165, 1.54) is 0 Å². The lowest BCUT2D eigenvalue weighted by Gasteiger charge is -2.16. The van der Waals surface area contributed by atoms with Gasteiger partial charge >= 0.3 is 5.97 Å². The summed E-state index contributed by atoms with van der Waals surface area (Å²) >= 11 is 3.83. The molecule has 6 N–H and O–H groups in total. The molecule has 0 saturated carbocycles. The Bertz CT molecular complexity index is 238. The number of carboxylic acids is 1. The Morgan fingerprint density at radius 3 is 2.44 bits per heavy atom. The largest absolute Gasteiger partial charge is 0.480 e. The highest BCUT2D eigenvalue weighted by atomic mass is 32.1. The minimum Gasteiger partial charge on any atom is -0.480 e. The maximum atomic E-state index is 11.4. The van der Waals surface area contributed by atoms with Crippen LogP contribution in [0.5, 0.6) is 0 Å². The molecule has 94 valence electrons. The molecular formula is C9H19N3O3S. The Hall–Kier alpha value is -0.790. The number of hydrogen-bond donors (Lipinski definition) is 5. The molecule has 0 aliphatic rings. The number of unbranched alkanes of at least 4 members (excludes halogenated alkanes) is 1. The molecule has 0 aromatic rings. The molecule has 0 aliphatic carbocycles. The quantitative estimate of drug-likeness (QED) is 0.277. The first-order valence-corrected chi connectivity index (χ1v) is 5.75. The first-order chi connectivity index (χ1) is 7.52. The van der Waals surface area contributed by atoms with Gasteiger partial charge in [-0.25, -0.2) is 4.79 Å². The molecule has 6 nitrogen and oxygen atoms in total. The zero-order chi connectivity index (χ0) is 12.6. The highest BCUT2D eigenvalue weighted by Crippen LogP contribution is 1.99. The fourth-order valence-corrected chi connectivity index (χ4v) is 1.35. The molecule has 0 saturated heterocycles. The van der Waals surface area contributed by atoms with Crippen LogP contribution < -0.4 is 16.8 Å². The van der Waals surface area contributed by atoms with Gasteiger partial charge in [-0.2, -0.15) is 12.6 Å². The van der Waals surface area contributed by atoms with Crippen molar-refractivity contribution in [2.75, 3.05) is 12.3 Å². The van der Waals surface area contributed by atoms with Gasteiger partial charge in [0.25, 0.3) is 0 Å². The van der Waals surface area contributed by atoms with Crippen LogP contribution in [0, 0.1) is 0 Å². The average Bonchev–Trinajstić information content (AvgIpc) is 2.25. The van der Waals surface area contributed by atoms with Crippen molar-refractivity contribution in [2.45, 2.75) is 31.3 Å². The summed E-state index contributed by atoms with van der Waals surface area (Å²) < 4.78 is 0. The highest BCUT2D eigenvalue weighted by Gasteiger charge is 2.21. The number of nitrogens with two attached hydrogens (primary N) is 2.